The molecule has 1 aliphatic rings. The average Bonchev–Trinajstić information content (AvgIpc) is 3.48. The number of aryl methyl sites for hydroxylation is 2. The highest BCUT2D eigenvalue weighted by atomic mass is 32.1. The van der Waals surface area contributed by atoms with Crippen LogP contribution in [0, 0.1) is 6.92 Å². The van der Waals surface area contributed by atoms with E-state index in [2.05, 4.69) is 10.3 Å². The molecule has 5 rings (SSSR count). The van der Waals surface area contributed by atoms with Gasteiger partial charge >= 0.3 is 11.9 Å². The largest absolute Gasteiger partial charge is 0.462 e. The zero-order chi connectivity index (χ0) is 28.2. The first-order valence-electron chi connectivity index (χ1n) is 13.2. The summed E-state index contributed by atoms with van der Waals surface area (Å²) in [5, 5.41) is 3.56. The Morgan fingerprint density at radius 2 is 1.82 bits per heavy atom. The highest BCUT2D eigenvalue weighted by Gasteiger charge is 2.27. The first kappa shape index (κ1) is 27.7. The molecule has 9 nitrogen and oxygen atoms in total. The maximum atomic E-state index is 13.3. The minimum atomic E-state index is -0.506. The van der Waals surface area contributed by atoms with E-state index in [4.69, 9.17) is 9.47 Å². The SMILES string of the molecule is CCOC(=O)c1c(NC(=O)Cn2cnc3sc(C(=O)OCCc4ccccc4)c(C)c3c2=O)sc2c1CCCC2. The van der Waals surface area contributed by atoms with Crippen molar-refractivity contribution >= 4 is 55.7 Å². The highest BCUT2D eigenvalue weighted by molar-refractivity contribution is 7.20. The third kappa shape index (κ3) is 5.71. The van der Waals surface area contributed by atoms with Crippen molar-refractivity contribution < 1.29 is 23.9 Å². The number of amides is 1. The van der Waals surface area contributed by atoms with Crippen molar-refractivity contribution in [3.8, 4) is 0 Å². The third-order valence-corrected chi connectivity index (χ3v) is 9.17. The zero-order valence-electron chi connectivity index (χ0n) is 22.3. The molecule has 0 bridgehead atoms. The summed E-state index contributed by atoms with van der Waals surface area (Å²) in [6.45, 7) is 3.59. The number of benzene rings is 1. The summed E-state index contributed by atoms with van der Waals surface area (Å²) < 4.78 is 11.9. The molecule has 3 heterocycles. The number of carbonyl (C=O) groups is 3. The Morgan fingerprint density at radius 1 is 1.05 bits per heavy atom. The van der Waals surface area contributed by atoms with Gasteiger partial charge in [0.05, 0.1) is 30.5 Å². The van der Waals surface area contributed by atoms with E-state index < -0.39 is 23.4 Å². The maximum Gasteiger partial charge on any atom is 0.348 e. The molecule has 0 atom stereocenters. The molecule has 0 saturated carbocycles. The van der Waals surface area contributed by atoms with Crippen molar-refractivity contribution in [1.82, 2.24) is 9.55 Å². The van der Waals surface area contributed by atoms with Crippen LogP contribution in [0.2, 0.25) is 0 Å². The molecule has 0 radical (unpaired) electrons. The molecule has 1 amide bonds. The second-order valence-corrected chi connectivity index (χ2v) is 11.6. The van der Waals surface area contributed by atoms with Gasteiger partial charge in [0.2, 0.25) is 5.91 Å². The molecule has 0 saturated heterocycles. The summed E-state index contributed by atoms with van der Waals surface area (Å²) >= 11 is 2.49. The number of thiophene rings is 2. The van der Waals surface area contributed by atoms with Crippen LogP contribution < -0.4 is 10.9 Å². The average molecular weight is 580 g/mol. The molecule has 11 heteroatoms. The number of fused-ring (bicyclic) bond motifs is 2. The number of nitrogens with one attached hydrogen (secondary N) is 1. The summed E-state index contributed by atoms with van der Waals surface area (Å²) in [4.78, 5) is 58.0. The van der Waals surface area contributed by atoms with Crippen molar-refractivity contribution in [1.29, 1.82) is 0 Å². The Bertz CT molecular complexity index is 1640. The number of rotatable bonds is 9. The van der Waals surface area contributed by atoms with Gasteiger partial charge in [-0.25, -0.2) is 14.6 Å². The van der Waals surface area contributed by atoms with Crippen LogP contribution in [-0.2, 0) is 40.1 Å². The number of anilines is 1. The Kier molecular flexibility index (Phi) is 8.41. The normalized spacial score (nSPS) is 12.7. The lowest BCUT2D eigenvalue weighted by Gasteiger charge is -2.12. The van der Waals surface area contributed by atoms with Crippen LogP contribution in [0.25, 0.3) is 10.2 Å². The van der Waals surface area contributed by atoms with Crippen LogP contribution in [0.1, 0.15) is 61.4 Å². The fourth-order valence-electron chi connectivity index (χ4n) is 4.83. The van der Waals surface area contributed by atoms with Crippen LogP contribution in [0.15, 0.2) is 41.5 Å². The van der Waals surface area contributed by atoms with Gasteiger partial charge in [-0.3, -0.25) is 14.2 Å². The molecule has 4 aromatic rings. The van der Waals surface area contributed by atoms with Crippen molar-refractivity contribution in [2.75, 3.05) is 18.5 Å². The second-order valence-electron chi connectivity index (χ2n) is 9.47. The Balaban J connectivity index is 1.32. The van der Waals surface area contributed by atoms with Crippen molar-refractivity contribution in [3.63, 3.8) is 0 Å². The van der Waals surface area contributed by atoms with Gasteiger partial charge in [-0.1, -0.05) is 30.3 Å². The van der Waals surface area contributed by atoms with Crippen LogP contribution >= 0.6 is 22.7 Å². The summed E-state index contributed by atoms with van der Waals surface area (Å²) in [6, 6.07) is 9.71. The molecule has 1 aromatic carbocycles. The molecule has 40 heavy (non-hydrogen) atoms. The molecule has 1 aliphatic carbocycles. The molecule has 0 aliphatic heterocycles. The van der Waals surface area contributed by atoms with Gasteiger partial charge in [0.1, 0.15) is 21.3 Å². The smallest absolute Gasteiger partial charge is 0.348 e. The number of aromatic nitrogens is 2. The molecule has 208 valence electrons. The van der Waals surface area contributed by atoms with Crippen LogP contribution in [-0.4, -0.2) is 40.6 Å². The molecule has 0 fully saturated rings. The molecule has 3 aromatic heterocycles. The second kappa shape index (κ2) is 12.1. The number of ether oxygens (including phenoxy) is 2. The van der Waals surface area contributed by atoms with E-state index in [-0.39, 0.29) is 25.1 Å². The molecular weight excluding hydrogens is 550 g/mol. The van der Waals surface area contributed by atoms with Crippen molar-refractivity contribution in [3.05, 3.63) is 79.0 Å². The quantitative estimate of drug-likeness (QED) is 0.280. The van der Waals surface area contributed by atoms with Crippen LogP contribution in [0.4, 0.5) is 5.00 Å². The summed E-state index contributed by atoms with van der Waals surface area (Å²) in [6.07, 6.45) is 5.53. The van der Waals surface area contributed by atoms with E-state index in [1.54, 1.807) is 13.8 Å². The van der Waals surface area contributed by atoms with Gasteiger partial charge in [-0.15, -0.1) is 22.7 Å². The lowest BCUT2D eigenvalue weighted by atomic mass is 9.95. The number of esters is 2. The first-order chi connectivity index (χ1) is 19.4. The van der Waals surface area contributed by atoms with E-state index in [1.165, 1.54) is 22.2 Å². The topological polar surface area (TPSA) is 117 Å². The summed E-state index contributed by atoms with van der Waals surface area (Å²) in [5.74, 6) is -1.41. The van der Waals surface area contributed by atoms with Gasteiger partial charge in [0.15, 0.2) is 0 Å². The number of hydrogen-bond acceptors (Lipinski definition) is 9. The van der Waals surface area contributed by atoms with Gasteiger partial charge < -0.3 is 14.8 Å². The third-order valence-electron chi connectivity index (χ3n) is 6.79. The lowest BCUT2D eigenvalue weighted by molar-refractivity contribution is -0.116. The Morgan fingerprint density at radius 3 is 2.60 bits per heavy atom. The van der Waals surface area contributed by atoms with E-state index in [1.807, 2.05) is 30.3 Å². The van der Waals surface area contributed by atoms with Crippen LogP contribution in [0.5, 0.6) is 0 Å². The minimum Gasteiger partial charge on any atom is -0.462 e. The monoisotopic (exact) mass is 579 g/mol. The number of nitrogens with zero attached hydrogens (tertiary/aromatic N) is 2. The molecular formula is C29H29N3O6S2. The maximum absolute atomic E-state index is 13.3. The van der Waals surface area contributed by atoms with Gasteiger partial charge in [0, 0.05) is 11.3 Å². The predicted molar refractivity (Wildman–Crippen MR) is 155 cm³/mol. The lowest BCUT2D eigenvalue weighted by Crippen LogP contribution is -2.28. The molecule has 1 N–H and O–H groups in total. The van der Waals surface area contributed by atoms with Gasteiger partial charge in [-0.2, -0.15) is 0 Å². The fraction of sp³-hybridized carbons (Fsp3) is 0.345. The number of hydrogen-bond donors (Lipinski definition) is 1. The minimum absolute atomic E-state index is 0.217. The molecule has 0 unspecified atom stereocenters. The van der Waals surface area contributed by atoms with E-state index in [0.29, 0.717) is 32.3 Å². The standard InChI is InChI=1S/C29H29N3O6S2/c1-3-37-28(35)23-19-11-7-8-12-20(19)39-26(23)31-21(33)15-32-16-30-25-22(27(32)34)17(2)24(40-25)29(36)38-14-13-18-9-5-4-6-10-18/h4-6,9-10,16H,3,7-8,11-15H2,1-2H3,(H,31,33). The van der Waals surface area contributed by atoms with Gasteiger partial charge in [0.25, 0.3) is 5.56 Å². The Hall–Kier alpha value is -3.83. The van der Waals surface area contributed by atoms with E-state index in [9.17, 15) is 19.2 Å². The van der Waals surface area contributed by atoms with E-state index >= 15 is 0 Å². The highest BCUT2D eigenvalue weighted by Crippen LogP contribution is 2.38. The molecule has 0 spiro atoms. The Labute approximate surface area is 238 Å². The van der Waals surface area contributed by atoms with Crippen LogP contribution in [0.3, 0.4) is 0 Å². The van der Waals surface area contributed by atoms with Gasteiger partial charge in [-0.05, 0) is 56.2 Å². The summed E-state index contributed by atoms with van der Waals surface area (Å²) in [7, 11) is 0. The van der Waals surface area contributed by atoms with E-state index in [0.717, 1.165) is 53.0 Å². The van der Waals surface area contributed by atoms with Crippen molar-refractivity contribution in [2.45, 2.75) is 52.5 Å². The zero-order valence-corrected chi connectivity index (χ0v) is 23.9. The first-order valence-corrected chi connectivity index (χ1v) is 14.8. The van der Waals surface area contributed by atoms with Crippen molar-refractivity contribution in [2.24, 2.45) is 0 Å². The predicted octanol–water partition coefficient (Wildman–Crippen LogP) is 4.92. The fourth-order valence-corrected chi connectivity index (χ4v) is 7.16. The summed E-state index contributed by atoms with van der Waals surface area (Å²) in [5.41, 5.74) is 2.48. The number of carbonyl (C=O) groups excluding carboxylic acids is 3.